The van der Waals surface area contributed by atoms with Crippen LogP contribution in [0.4, 0.5) is 11.4 Å². The fraction of sp³-hybridized carbons (Fsp3) is 0.320. The number of hydrogen-bond donors (Lipinski definition) is 2. The van der Waals surface area contributed by atoms with E-state index in [4.69, 9.17) is 4.98 Å². The molecule has 0 aliphatic carbocycles. The predicted octanol–water partition coefficient (Wildman–Crippen LogP) is 4.28. The number of nitro groups is 1. The molecule has 1 aromatic heterocycles. The number of hydrogen-bond acceptors (Lipinski definition) is 6. The highest BCUT2D eigenvalue weighted by molar-refractivity contribution is 7.98. The van der Waals surface area contributed by atoms with Gasteiger partial charge >= 0.3 is 0 Å². The minimum absolute atomic E-state index is 0.131. The molecule has 2 aromatic carbocycles. The number of carbonyl (C=O) groups is 2. The Balaban J connectivity index is 1.48. The topological polar surface area (TPSA) is 119 Å². The predicted molar refractivity (Wildman–Crippen MR) is 137 cm³/mol. The zero-order valence-electron chi connectivity index (χ0n) is 19.4. The number of nitrogens with zero attached hydrogens (tertiary/aromatic N) is 3. The van der Waals surface area contributed by atoms with Crippen LogP contribution in [-0.4, -0.2) is 44.3 Å². The summed E-state index contributed by atoms with van der Waals surface area (Å²) in [7, 11) is 0. The molecule has 1 aliphatic rings. The van der Waals surface area contributed by atoms with Crippen LogP contribution in [0.3, 0.4) is 0 Å². The lowest BCUT2D eigenvalue weighted by Crippen LogP contribution is -2.44. The largest absolute Gasteiger partial charge is 0.340 e. The van der Waals surface area contributed by atoms with Crippen LogP contribution in [0, 0.1) is 10.1 Å². The van der Waals surface area contributed by atoms with E-state index in [1.165, 1.54) is 24.3 Å². The van der Waals surface area contributed by atoms with Gasteiger partial charge in [0.1, 0.15) is 11.9 Å². The smallest absolute Gasteiger partial charge is 0.270 e. The molecule has 2 amide bonds. The number of benzene rings is 2. The van der Waals surface area contributed by atoms with Crippen LogP contribution in [0.25, 0.3) is 11.3 Å². The molecule has 0 radical (unpaired) electrons. The molecule has 1 atom stereocenters. The average Bonchev–Trinajstić information content (AvgIpc) is 3.31. The number of amides is 2. The lowest BCUT2D eigenvalue weighted by molar-refractivity contribution is -0.384. The van der Waals surface area contributed by atoms with Crippen molar-refractivity contribution in [3.63, 3.8) is 0 Å². The van der Waals surface area contributed by atoms with E-state index in [-0.39, 0.29) is 17.2 Å². The standard InChI is InChI=1S/C25H27N5O4S/c1-35-13-11-21(28-24(31)18-7-5-9-20(15-18)30(33)34)25(32)26-19-8-4-6-17(14-19)22-16-29-12-3-2-10-23(29)27-22/h4-9,14-16,21H,2-3,10-13H2,1H3,(H,26,32)(H,28,31). The summed E-state index contributed by atoms with van der Waals surface area (Å²) >= 11 is 1.56. The van der Waals surface area contributed by atoms with Crippen molar-refractivity contribution < 1.29 is 14.5 Å². The number of fused-ring (bicyclic) bond motifs is 1. The van der Waals surface area contributed by atoms with Gasteiger partial charge in [0.25, 0.3) is 11.6 Å². The first-order chi connectivity index (χ1) is 16.9. The summed E-state index contributed by atoms with van der Waals surface area (Å²) in [6.45, 7) is 0.972. The van der Waals surface area contributed by atoms with E-state index in [0.717, 1.165) is 42.9 Å². The van der Waals surface area contributed by atoms with E-state index in [1.807, 2.05) is 24.5 Å². The van der Waals surface area contributed by atoms with Crippen LogP contribution in [0.5, 0.6) is 0 Å². The normalized spacial score (nSPS) is 13.5. The lowest BCUT2D eigenvalue weighted by Gasteiger charge is -2.18. The molecule has 182 valence electrons. The number of carbonyl (C=O) groups excluding carboxylic acids is 2. The molecule has 0 saturated heterocycles. The first-order valence-electron chi connectivity index (χ1n) is 11.5. The molecule has 0 saturated carbocycles. The Morgan fingerprint density at radius 1 is 1.20 bits per heavy atom. The highest BCUT2D eigenvalue weighted by Crippen LogP contribution is 2.25. The molecule has 0 fully saturated rings. The van der Waals surface area contributed by atoms with E-state index in [2.05, 4.69) is 21.4 Å². The summed E-state index contributed by atoms with van der Waals surface area (Å²) in [5, 5.41) is 16.7. The molecule has 2 N–H and O–H groups in total. The highest BCUT2D eigenvalue weighted by Gasteiger charge is 2.22. The van der Waals surface area contributed by atoms with Crippen molar-refractivity contribution in [2.24, 2.45) is 0 Å². The van der Waals surface area contributed by atoms with Crippen molar-refractivity contribution in [2.45, 2.75) is 38.3 Å². The summed E-state index contributed by atoms with van der Waals surface area (Å²) in [5.74, 6) is 0.862. The number of anilines is 1. The molecule has 10 heteroatoms. The monoisotopic (exact) mass is 493 g/mol. The Kier molecular flexibility index (Phi) is 7.81. The second-order valence-electron chi connectivity index (χ2n) is 8.38. The van der Waals surface area contributed by atoms with Crippen LogP contribution in [0.1, 0.15) is 35.4 Å². The van der Waals surface area contributed by atoms with E-state index >= 15 is 0 Å². The molecule has 3 aromatic rings. The molecule has 35 heavy (non-hydrogen) atoms. The van der Waals surface area contributed by atoms with Gasteiger partial charge in [-0.2, -0.15) is 11.8 Å². The lowest BCUT2D eigenvalue weighted by atomic mass is 10.1. The molecular formula is C25H27N5O4S. The minimum Gasteiger partial charge on any atom is -0.340 e. The first-order valence-corrected chi connectivity index (χ1v) is 12.9. The fourth-order valence-corrected chi connectivity index (χ4v) is 4.52. The second-order valence-corrected chi connectivity index (χ2v) is 9.36. The zero-order valence-corrected chi connectivity index (χ0v) is 20.2. The minimum atomic E-state index is -0.794. The SMILES string of the molecule is CSCCC(NC(=O)c1cccc([N+](=O)[O-])c1)C(=O)Nc1cccc(-c2cn3c(n2)CCCC3)c1. The Morgan fingerprint density at radius 2 is 2.03 bits per heavy atom. The van der Waals surface area contributed by atoms with Gasteiger partial charge in [-0.1, -0.05) is 18.2 Å². The molecule has 0 spiro atoms. The molecule has 0 bridgehead atoms. The van der Waals surface area contributed by atoms with Gasteiger partial charge in [0.05, 0.1) is 10.6 Å². The van der Waals surface area contributed by atoms with Gasteiger partial charge in [0.2, 0.25) is 5.91 Å². The van der Waals surface area contributed by atoms with Crippen molar-refractivity contribution >= 4 is 35.0 Å². The maximum atomic E-state index is 13.1. The summed E-state index contributed by atoms with van der Waals surface area (Å²) in [6.07, 6.45) is 7.66. The Hall–Kier alpha value is -3.66. The van der Waals surface area contributed by atoms with Gasteiger partial charge in [-0.3, -0.25) is 19.7 Å². The first kappa shape index (κ1) is 24.5. The Morgan fingerprint density at radius 3 is 2.80 bits per heavy atom. The number of nitro benzene ring substituents is 1. The third-order valence-electron chi connectivity index (χ3n) is 5.89. The number of thioether (sulfide) groups is 1. The Labute approximate surface area is 207 Å². The van der Waals surface area contributed by atoms with Crippen molar-refractivity contribution in [3.05, 3.63) is 76.2 Å². The summed E-state index contributed by atoms with van der Waals surface area (Å²) in [4.78, 5) is 41.1. The van der Waals surface area contributed by atoms with Gasteiger partial charge < -0.3 is 15.2 Å². The van der Waals surface area contributed by atoms with Crippen LogP contribution < -0.4 is 10.6 Å². The fourth-order valence-electron chi connectivity index (χ4n) is 4.04. The molecule has 4 rings (SSSR count). The number of aryl methyl sites for hydroxylation is 2. The molecule has 2 heterocycles. The van der Waals surface area contributed by atoms with Crippen LogP contribution in [-0.2, 0) is 17.8 Å². The number of aromatic nitrogens is 2. The van der Waals surface area contributed by atoms with Gasteiger partial charge in [0, 0.05) is 48.1 Å². The van der Waals surface area contributed by atoms with Crippen LogP contribution >= 0.6 is 11.8 Å². The van der Waals surface area contributed by atoms with E-state index in [0.29, 0.717) is 17.9 Å². The Bertz CT molecular complexity index is 1220. The molecular weight excluding hydrogens is 466 g/mol. The van der Waals surface area contributed by atoms with Crippen LogP contribution in [0.2, 0.25) is 0 Å². The second kappa shape index (κ2) is 11.2. The third-order valence-corrected chi connectivity index (χ3v) is 6.53. The summed E-state index contributed by atoms with van der Waals surface area (Å²) < 4.78 is 2.19. The average molecular weight is 494 g/mol. The van der Waals surface area contributed by atoms with Crippen LogP contribution in [0.15, 0.2) is 54.7 Å². The van der Waals surface area contributed by atoms with Gasteiger partial charge in [-0.15, -0.1) is 0 Å². The van der Waals surface area contributed by atoms with Crippen molar-refractivity contribution in [2.75, 3.05) is 17.3 Å². The summed E-state index contributed by atoms with van der Waals surface area (Å²) in [5.41, 5.74) is 2.34. The quantitative estimate of drug-likeness (QED) is 0.339. The van der Waals surface area contributed by atoms with E-state index in [1.54, 1.807) is 17.8 Å². The number of nitrogens with one attached hydrogen (secondary N) is 2. The van der Waals surface area contributed by atoms with Gasteiger partial charge in [-0.05, 0) is 49.5 Å². The van der Waals surface area contributed by atoms with Gasteiger partial charge in [0.15, 0.2) is 0 Å². The molecule has 1 aliphatic heterocycles. The van der Waals surface area contributed by atoms with Crippen molar-refractivity contribution in [1.82, 2.24) is 14.9 Å². The van der Waals surface area contributed by atoms with E-state index < -0.39 is 16.9 Å². The number of imidazole rings is 1. The van der Waals surface area contributed by atoms with Gasteiger partial charge in [-0.25, -0.2) is 4.98 Å². The zero-order chi connectivity index (χ0) is 24.8. The maximum Gasteiger partial charge on any atom is 0.270 e. The molecule has 9 nitrogen and oxygen atoms in total. The van der Waals surface area contributed by atoms with E-state index in [9.17, 15) is 19.7 Å². The number of non-ortho nitro benzene ring substituents is 1. The maximum absolute atomic E-state index is 13.1. The van der Waals surface area contributed by atoms with Crippen molar-refractivity contribution in [3.8, 4) is 11.3 Å². The third kappa shape index (κ3) is 6.07. The highest BCUT2D eigenvalue weighted by atomic mass is 32.2. The number of rotatable bonds is 9. The summed E-state index contributed by atoms with van der Waals surface area (Å²) in [6, 6.07) is 12.2. The van der Waals surface area contributed by atoms with Crippen molar-refractivity contribution in [1.29, 1.82) is 0 Å². The molecule has 1 unspecified atom stereocenters.